The first-order chi connectivity index (χ1) is 13.3. The number of amides is 2. The minimum Gasteiger partial charge on any atom is -0.503 e. The summed E-state index contributed by atoms with van der Waals surface area (Å²) in [5.74, 6) is -0.770. The van der Waals surface area contributed by atoms with Crippen LogP contribution in [0.5, 0.6) is 11.5 Å². The molecule has 144 valence electrons. The van der Waals surface area contributed by atoms with Gasteiger partial charge in [-0.1, -0.05) is 11.6 Å². The number of Topliss-reactive ketones (excluding diaryl/α,β-unsaturated/α-hetero) is 1. The molecule has 2 amide bonds. The molecule has 0 aromatic heterocycles. The first-order valence-corrected chi connectivity index (χ1v) is 9.89. The van der Waals surface area contributed by atoms with Gasteiger partial charge in [0.1, 0.15) is 0 Å². The summed E-state index contributed by atoms with van der Waals surface area (Å²) >= 11 is 9.76. The van der Waals surface area contributed by atoms with Gasteiger partial charge < -0.3 is 9.84 Å². The summed E-state index contributed by atoms with van der Waals surface area (Å²) in [6.45, 7) is -0.355. The standard InChI is InChI=1S/C19H13BrClNO5S/c1-27-15-7-10(6-13(20)17(15)24)8-16-18(25)22(19(26)28-16)9-14(23)11-2-4-12(21)5-3-11/h2-8,24H,9H2,1H3/b16-8+. The molecule has 1 aliphatic rings. The fraction of sp³-hybridized carbons (Fsp3) is 0.105. The maximum atomic E-state index is 12.6. The number of carbonyl (C=O) groups excluding carboxylic acids is 3. The summed E-state index contributed by atoms with van der Waals surface area (Å²) in [6.07, 6.45) is 1.50. The average molecular weight is 483 g/mol. The van der Waals surface area contributed by atoms with E-state index in [-0.39, 0.29) is 28.7 Å². The molecule has 1 aliphatic heterocycles. The molecular formula is C19H13BrClNO5S. The first kappa shape index (κ1) is 20.4. The number of aromatic hydroxyl groups is 1. The van der Waals surface area contributed by atoms with E-state index in [0.29, 0.717) is 20.6 Å². The van der Waals surface area contributed by atoms with Crippen LogP contribution >= 0.6 is 39.3 Å². The van der Waals surface area contributed by atoms with Crippen molar-refractivity contribution in [3.8, 4) is 11.5 Å². The summed E-state index contributed by atoms with van der Waals surface area (Å²) < 4.78 is 5.46. The van der Waals surface area contributed by atoms with Crippen molar-refractivity contribution in [1.29, 1.82) is 0 Å². The molecular weight excluding hydrogens is 470 g/mol. The number of phenolic OH excluding ortho intramolecular Hbond substituents is 1. The number of carbonyl (C=O) groups is 3. The summed E-state index contributed by atoms with van der Waals surface area (Å²) in [7, 11) is 1.40. The van der Waals surface area contributed by atoms with Crippen LogP contribution in [0, 0.1) is 0 Å². The number of ether oxygens (including phenoxy) is 1. The largest absolute Gasteiger partial charge is 0.503 e. The molecule has 0 atom stereocenters. The third kappa shape index (κ3) is 4.24. The van der Waals surface area contributed by atoms with E-state index in [4.69, 9.17) is 16.3 Å². The monoisotopic (exact) mass is 481 g/mol. The van der Waals surface area contributed by atoms with E-state index < -0.39 is 11.1 Å². The molecule has 9 heteroatoms. The number of imide groups is 1. The highest BCUT2D eigenvalue weighted by Gasteiger charge is 2.36. The fourth-order valence-electron chi connectivity index (χ4n) is 2.49. The van der Waals surface area contributed by atoms with E-state index in [0.717, 1.165) is 16.7 Å². The van der Waals surface area contributed by atoms with Crippen molar-refractivity contribution in [3.63, 3.8) is 0 Å². The predicted molar refractivity (Wildman–Crippen MR) is 111 cm³/mol. The Morgan fingerprint density at radius 2 is 1.96 bits per heavy atom. The number of hydrogen-bond donors (Lipinski definition) is 1. The van der Waals surface area contributed by atoms with Crippen molar-refractivity contribution in [1.82, 2.24) is 4.90 Å². The number of benzene rings is 2. The fourth-order valence-corrected chi connectivity index (χ4v) is 3.92. The van der Waals surface area contributed by atoms with E-state index in [1.807, 2.05) is 0 Å². The van der Waals surface area contributed by atoms with Crippen molar-refractivity contribution >= 4 is 62.3 Å². The van der Waals surface area contributed by atoms with E-state index in [2.05, 4.69) is 15.9 Å². The van der Waals surface area contributed by atoms with Crippen LogP contribution in [0.2, 0.25) is 5.02 Å². The Bertz CT molecular complexity index is 1010. The molecule has 1 fully saturated rings. The van der Waals surface area contributed by atoms with Crippen LogP contribution < -0.4 is 4.74 Å². The van der Waals surface area contributed by atoms with Gasteiger partial charge >= 0.3 is 0 Å². The Morgan fingerprint density at radius 3 is 2.61 bits per heavy atom. The van der Waals surface area contributed by atoms with Crippen molar-refractivity contribution in [2.24, 2.45) is 0 Å². The van der Waals surface area contributed by atoms with Crippen LogP contribution in [0.25, 0.3) is 6.08 Å². The highest BCUT2D eigenvalue weighted by Crippen LogP contribution is 2.38. The van der Waals surface area contributed by atoms with E-state index in [1.54, 1.807) is 30.3 Å². The van der Waals surface area contributed by atoms with Gasteiger partial charge in [-0.25, -0.2) is 0 Å². The van der Waals surface area contributed by atoms with Gasteiger partial charge in [0.15, 0.2) is 17.3 Å². The highest BCUT2D eigenvalue weighted by atomic mass is 79.9. The van der Waals surface area contributed by atoms with Gasteiger partial charge in [0.05, 0.1) is 23.0 Å². The molecule has 2 aromatic carbocycles. The predicted octanol–water partition coefficient (Wildman–Crippen LogP) is 4.74. The number of ketones is 1. The number of rotatable bonds is 5. The van der Waals surface area contributed by atoms with Gasteiger partial charge in [0.25, 0.3) is 11.1 Å². The third-order valence-corrected chi connectivity index (χ3v) is 5.67. The number of methoxy groups -OCH3 is 1. The van der Waals surface area contributed by atoms with E-state index in [9.17, 15) is 19.5 Å². The maximum Gasteiger partial charge on any atom is 0.293 e. The number of phenols is 1. The number of hydrogen-bond acceptors (Lipinski definition) is 6. The molecule has 0 unspecified atom stereocenters. The zero-order valence-electron chi connectivity index (χ0n) is 14.4. The first-order valence-electron chi connectivity index (χ1n) is 7.90. The second-order valence-corrected chi connectivity index (χ2v) is 8.04. The van der Waals surface area contributed by atoms with Crippen LogP contribution in [-0.4, -0.2) is 40.6 Å². The molecule has 28 heavy (non-hydrogen) atoms. The summed E-state index contributed by atoms with van der Waals surface area (Å²) in [5, 5.41) is 9.83. The summed E-state index contributed by atoms with van der Waals surface area (Å²) in [5.41, 5.74) is 0.913. The van der Waals surface area contributed by atoms with Crippen molar-refractivity contribution < 1.29 is 24.2 Å². The third-order valence-electron chi connectivity index (χ3n) is 3.91. The molecule has 0 saturated carbocycles. The lowest BCUT2D eigenvalue weighted by Crippen LogP contribution is -2.33. The second kappa shape index (κ2) is 8.38. The second-order valence-electron chi connectivity index (χ2n) is 5.75. The van der Waals surface area contributed by atoms with Crippen molar-refractivity contribution in [2.75, 3.05) is 13.7 Å². The van der Waals surface area contributed by atoms with Gasteiger partial charge in [-0.2, -0.15) is 0 Å². The molecule has 1 N–H and O–H groups in total. The molecule has 3 rings (SSSR count). The molecule has 0 aliphatic carbocycles. The molecule has 0 spiro atoms. The zero-order valence-corrected chi connectivity index (χ0v) is 17.6. The lowest BCUT2D eigenvalue weighted by molar-refractivity contribution is -0.122. The topological polar surface area (TPSA) is 83.9 Å². The number of halogens is 2. The smallest absolute Gasteiger partial charge is 0.293 e. The Balaban J connectivity index is 1.81. The molecule has 6 nitrogen and oxygen atoms in total. The van der Waals surface area contributed by atoms with Gasteiger partial charge in [0.2, 0.25) is 0 Å². The zero-order chi connectivity index (χ0) is 20.4. The normalized spacial score (nSPS) is 15.4. The van der Waals surface area contributed by atoms with Crippen LogP contribution in [-0.2, 0) is 4.79 Å². The summed E-state index contributed by atoms with van der Waals surface area (Å²) in [4.78, 5) is 38.3. The van der Waals surface area contributed by atoms with Gasteiger partial charge in [-0.05, 0) is 75.7 Å². The van der Waals surface area contributed by atoms with Gasteiger partial charge in [-0.15, -0.1) is 0 Å². The van der Waals surface area contributed by atoms with Crippen molar-refractivity contribution in [3.05, 3.63) is 61.9 Å². The van der Waals surface area contributed by atoms with E-state index in [1.165, 1.54) is 19.3 Å². The molecule has 2 aromatic rings. The molecule has 0 bridgehead atoms. The van der Waals surface area contributed by atoms with Crippen LogP contribution in [0.1, 0.15) is 15.9 Å². The minimum absolute atomic E-state index is 0.0682. The van der Waals surface area contributed by atoms with Crippen LogP contribution in [0.3, 0.4) is 0 Å². The quantitative estimate of drug-likeness (QED) is 0.490. The number of nitrogens with zero attached hydrogens (tertiary/aromatic N) is 1. The van der Waals surface area contributed by atoms with Gasteiger partial charge in [-0.3, -0.25) is 19.3 Å². The van der Waals surface area contributed by atoms with Crippen LogP contribution in [0.4, 0.5) is 4.79 Å². The Labute approximate surface area is 178 Å². The highest BCUT2D eigenvalue weighted by molar-refractivity contribution is 9.10. The SMILES string of the molecule is COc1cc(/C=C2/SC(=O)N(CC(=O)c3ccc(Cl)cc3)C2=O)cc(Br)c1O. The molecule has 1 saturated heterocycles. The molecule has 0 radical (unpaired) electrons. The van der Waals surface area contributed by atoms with Crippen LogP contribution in [0.15, 0.2) is 45.8 Å². The Kier molecular flexibility index (Phi) is 6.12. The lowest BCUT2D eigenvalue weighted by atomic mass is 10.1. The average Bonchev–Trinajstić information content (AvgIpc) is 2.92. The summed E-state index contributed by atoms with van der Waals surface area (Å²) in [6, 6.07) is 9.34. The maximum absolute atomic E-state index is 12.6. The Hall–Kier alpha value is -2.29. The van der Waals surface area contributed by atoms with Gasteiger partial charge in [0, 0.05) is 10.6 Å². The molecule has 1 heterocycles. The lowest BCUT2D eigenvalue weighted by Gasteiger charge is -2.11. The van der Waals surface area contributed by atoms with E-state index >= 15 is 0 Å². The van der Waals surface area contributed by atoms with Crippen molar-refractivity contribution in [2.45, 2.75) is 0 Å². The number of thioether (sulfide) groups is 1. The minimum atomic E-state index is -0.555. The Morgan fingerprint density at radius 1 is 1.29 bits per heavy atom.